The molecule has 2 aliphatic rings. The zero-order valence-corrected chi connectivity index (χ0v) is 10.9. The number of anilines is 1. The molecule has 0 aromatic heterocycles. The van der Waals surface area contributed by atoms with Gasteiger partial charge in [-0.15, -0.1) is 0 Å². The van der Waals surface area contributed by atoms with Crippen LogP contribution in [0.1, 0.15) is 37.8 Å². The molecule has 0 spiro atoms. The number of nitrogens with one attached hydrogen (secondary N) is 1. The standard InChI is InChI=1S/C15H22N2/c1-15(2)7-3-9-17(15)11-12-4-5-14-13(10-12)6-8-16-14/h4-5,10,16H,3,6-9,11H2,1-2H3. The molecule has 1 saturated heterocycles. The molecule has 1 fully saturated rings. The third kappa shape index (κ3) is 2.06. The van der Waals surface area contributed by atoms with Gasteiger partial charge in [0, 0.05) is 24.3 Å². The number of fused-ring (bicyclic) bond motifs is 1. The topological polar surface area (TPSA) is 15.3 Å². The van der Waals surface area contributed by atoms with Crippen molar-refractivity contribution >= 4 is 5.69 Å². The minimum Gasteiger partial charge on any atom is -0.384 e. The minimum absolute atomic E-state index is 0.386. The van der Waals surface area contributed by atoms with Crippen molar-refractivity contribution in [3.63, 3.8) is 0 Å². The monoisotopic (exact) mass is 230 g/mol. The zero-order chi connectivity index (χ0) is 11.9. The van der Waals surface area contributed by atoms with E-state index in [9.17, 15) is 0 Å². The van der Waals surface area contributed by atoms with Crippen LogP contribution in [0.2, 0.25) is 0 Å². The van der Waals surface area contributed by atoms with Gasteiger partial charge in [-0.25, -0.2) is 0 Å². The first-order valence-corrected chi connectivity index (χ1v) is 6.76. The molecule has 2 nitrogen and oxygen atoms in total. The lowest BCUT2D eigenvalue weighted by molar-refractivity contribution is 0.166. The summed E-state index contributed by atoms with van der Waals surface area (Å²) in [6.07, 6.45) is 3.87. The highest BCUT2D eigenvalue weighted by Crippen LogP contribution is 2.31. The summed E-state index contributed by atoms with van der Waals surface area (Å²) < 4.78 is 0. The van der Waals surface area contributed by atoms with E-state index in [4.69, 9.17) is 0 Å². The quantitative estimate of drug-likeness (QED) is 0.840. The first kappa shape index (κ1) is 11.1. The lowest BCUT2D eigenvalue weighted by atomic mass is 10.0. The smallest absolute Gasteiger partial charge is 0.0373 e. The van der Waals surface area contributed by atoms with Crippen molar-refractivity contribution in [3.05, 3.63) is 29.3 Å². The van der Waals surface area contributed by atoms with E-state index in [0.717, 1.165) is 13.1 Å². The van der Waals surface area contributed by atoms with Crippen LogP contribution >= 0.6 is 0 Å². The summed E-state index contributed by atoms with van der Waals surface area (Å²) in [5.41, 5.74) is 4.70. The first-order chi connectivity index (χ1) is 8.15. The molecular weight excluding hydrogens is 208 g/mol. The summed E-state index contributed by atoms with van der Waals surface area (Å²) in [7, 11) is 0. The molecule has 0 saturated carbocycles. The molecule has 2 heteroatoms. The van der Waals surface area contributed by atoms with Crippen LogP contribution in [-0.2, 0) is 13.0 Å². The summed E-state index contributed by atoms with van der Waals surface area (Å²) in [6.45, 7) is 8.21. The van der Waals surface area contributed by atoms with Gasteiger partial charge >= 0.3 is 0 Å². The van der Waals surface area contributed by atoms with Crippen molar-refractivity contribution in [2.24, 2.45) is 0 Å². The molecule has 17 heavy (non-hydrogen) atoms. The lowest BCUT2D eigenvalue weighted by Crippen LogP contribution is -2.37. The molecule has 3 rings (SSSR count). The Labute approximate surface area is 104 Å². The second kappa shape index (κ2) is 4.02. The third-order valence-electron chi connectivity index (χ3n) is 4.33. The van der Waals surface area contributed by atoms with Gasteiger partial charge in [0.15, 0.2) is 0 Å². The second-order valence-electron chi connectivity index (χ2n) is 6.01. The van der Waals surface area contributed by atoms with Crippen LogP contribution in [0, 0.1) is 0 Å². The molecular formula is C15H22N2. The third-order valence-corrected chi connectivity index (χ3v) is 4.33. The van der Waals surface area contributed by atoms with Gasteiger partial charge < -0.3 is 5.32 Å². The molecule has 0 radical (unpaired) electrons. The van der Waals surface area contributed by atoms with E-state index >= 15 is 0 Å². The maximum atomic E-state index is 3.42. The summed E-state index contributed by atoms with van der Waals surface area (Å²) in [5, 5.41) is 3.42. The molecule has 0 aliphatic carbocycles. The molecule has 0 atom stereocenters. The van der Waals surface area contributed by atoms with Gasteiger partial charge in [-0.1, -0.05) is 12.1 Å². The van der Waals surface area contributed by atoms with Crippen molar-refractivity contribution in [2.75, 3.05) is 18.4 Å². The summed E-state index contributed by atoms with van der Waals surface area (Å²) in [4.78, 5) is 2.62. The maximum absolute atomic E-state index is 3.42. The van der Waals surface area contributed by atoms with Crippen LogP contribution < -0.4 is 5.32 Å². The Kier molecular flexibility index (Phi) is 2.62. The van der Waals surface area contributed by atoms with E-state index in [0.29, 0.717) is 5.54 Å². The predicted octanol–water partition coefficient (Wildman–Crippen LogP) is 3.03. The van der Waals surface area contributed by atoms with E-state index in [1.807, 2.05) is 0 Å². The van der Waals surface area contributed by atoms with Gasteiger partial charge in [0.2, 0.25) is 0 Å². The number of likely N-dealkylation sites (tertiary alicyclic amines) is 1. The summed E-state index contributed by atoms with van der Waals surface area (Å²) >= 11 is 0. The molecule has 0 unspecified atom stereocenters. The van der Waals surface area contributed by atoms with E-state index in [1.165, 1.54) is 42.6 Å². The van der Waals surface area contributed by atoms with Gasteiger partial charge in [-0.3, -0.25) is 4.90 Å². The molecule has 2 heterocycles. The fourth-order valence-corrected chi connectivity index (χ4v) is 3.13. The van der Waals surface area contributed by atoms with Crippen LogP contribution in [0.5, 0.6) is 0 Å². The highest BCUT2D eigenvalue weighted by atomic mass is 15.2. The van der Waals surface area contributed by atoms with E-state index in [1.54, 1.807) is 0 Å². The molecule has 1 N–H and O–H groups in total. The van der Waals surface area contributed by atoms with Crippen molar-refractivity contribution < 1.29 is 0 Å². The average molecular weight is 230 g/mol. The molecule has 0 bridgehead atoms. The predicted molar refractivity (Wildman–Crippen MR) is 72.4 cm³/mol. The summed E-state index contributed by atoms with van der Waals surface area (Å²) in [5.74, 6) is 0. The highest BCUT2D eigenvalue weighted by molar-refractivity contribution is 5.56. The Morgan fingerprint density at radius 3 is 3.00 bits per heavy atom. The van der Waals surface area contributed by atoms with E-state index in [2.05, 4.69) is 42.3 Å². The lowest BCUT2D eigenvalue weighted by Gasteiger charge is -2.31. The second-order valence-corrected chi connectivity index (χ2v) is 6.01. The number of nitrogens with zero attached hydrogens (tertiary/aromatic N) is 1. The van der Waals surface area contributed by atoms with Crippen LogP contribution in [0.4, 0.5) is 5.69 Å². The first-order valence-electron chi connectivity index (χ1n) is 6.76. The zero-order valence-electron chi connectivity index (χ0n) is 10.9. The van der Waals surface area contributed by atoms with Gasteiger partial charge in [-0.05, 0) is 56.8 Å². The van der Waals surface area contributed by atoms with Gasteiger partial charge in [-0.2, -0.15) is 0 Å². The molecule has 1 aromatic rings. The molecule has 0 amide bonds. The van der Waals surface area contributed by atoms with E-state index < -0.39 is 0 Å². The SMILES string of the molecule is CC1(C)CCCN1Cc1ccc2c(c1)CCN2. The van der Waals surface area contributed by atoms with Gasteiger partial charge in [0.1, 0.15) is 0 Å². The normalized spacial score (nSPS) is 22.5. The van der Waals surface area contributed by atoms with Gasteiger partial charge in [0.05, 0.1) is 0 Å². The Bertz CT molecular complexity index is 423. The maximum Gasteiger partial charge on any atom is 0.0373 e. The highest BCUT2D eigenvalue weighted by Gasteiger charge is 2.31. The molecule has 2 aliphatic heterocycles. The number of hydrogen-bond donors (Lipinski definition) is 1. The van der Waals surface area contributed by atoms with Crippen molar-refractivity contribution in [1.82, 2.24) is 4.90 Å². The van der Waals surface area contributed by atoms with Crippen molar-refractivity contribution in [2.45, 2.75) is 45.2 Å². The number of benzene rings is 1. The minimum atomic E-state index is 0.386. The Morgan fingerprint density at radius 1 is 1.35 bits per heavy atom. The van der Waals surface area contributed by atoms with Crippen LogP contribution in [0.25, 0.3) is 0 Å². The van der Waals surface area contributed by atoms with Crippen molar-refractivity contribution in [3.8, 4) is 0 Å². The fourth-order valence-electron chi connectivity index (χ4n) is 3.13. The molecule has 92 valence electrons. The summed E-state index contributed by atoms with van der Waals surface area (Å²) in [6, 6.07) is 6.93. The van der Waals surface area contributed by atoms with Crippen LogP contribution in [0.3, 0.4) is 0 Å². The van der Waals surface area contributed by atoms with Gasteiger partial charge in [0.25, 0.3) is 0 Å². The van der Waals surface area contributed by atoms with E-state index in [-0.39, 0.29) is 0 Å². The largest absolute Gasteiger partial charge is 0.384 e. The molecule has 1 aromatic carbocycles. The fraction of sp³-hybridized carbons (Fsp3) is 0.600. The average Bonchev–Trinajstić information content (AvgIpc) is 2.85. The Balaban J connectivity index is 1.77. The Hall–Kier alpha value is -1.02. The number of hydrogen-bond acceptors (Lipinski definition) is 2. The van der Waals surface area contributed by atoms with Crippen LogP contribution in [0.15, 0.2) is 18.2 Å². The van der Waals surface area contributed by atoms with Crippen LogP contribution in [-0.4, -0.2) is 23.5 Å². The van der Waals surface area contributed by atoms with Crippen molar-refractivity contribution in [1.29, 1.82) is 0 Å². The Morgan fingerprint density at radius 2 is 2.24 bits per heavy atom. The number of rotatable bonds is 2.